The quantitative estimate of drug-likeness (QED) is 0.517. The van der Waals surface area contributed by atoms with Gasteiger partial charge in [-0.1, -0.05) is 0 Å². The predicted molar refractivity (Wildman–Crippen MR) is 45.9 cm³/mol. The monoisotopic (exact) mass is 169 g/mol. The molecule has 2 saturated heterocycles. The van der Waals surface area contributed by atoms with Crippen LogP contribution in [-0.2, 0) is 4.79 Å². The van der Waals surface area contributed by atoms with Gasteiger partial charge < -0.3 is 15.5 Å². The van der Waals surface area contributed by atoms with Crippen molar-refractivity contribution in [3.05, 3.63) is 0 Å². The van der Waals surface area contributed by atoms with Crippen molar-refractivity contribution in [3.63, 3.8) is 0 Å². The summed E-state index contributed by atoms with van der Waals surface area (Å²) in [6, 6.07) is 0.0269. The van der Waals surface area contributed by atoms with Crippen molar-refractivity contribution in [2.45, 2.75) is 12.5 Å². The molecule has 0 aromatic carbocycles. The number of carbonyl (C=O) groups is 1. The second-order valence-corrected chi connectivity index (χ2v) is 3.39. The van der Waals surface area contributed by atoms with Gasteiger partial charge in [0, 0.05) is 32.7 Å². The average molecular weight is 169 g/mol. The van der Waals surface area contributed by atoms with Gasteiger partial charge in [0.1, 0.15) is 0 Å². The summed E-state index contributed by atoms with van der Waals surface area (Å²) < 4.78 is 0. The van der Waals surface area contributed by atoms with Gasteiger partial charge in [-0.05, 0) is 6.42 Å². The molecule has 4 nitrogen and oxygen atoms in total. The molecule has 2 N–H and O–H groups in total. The van der Waals surface area contributed by atoms with Crippen molar-refractivity contribution in [2.24, 2.45) is 0 Å². The number of carbonyl (C=O) groups excluding carboxylic acids is 1. The van der Waals surface area contributed by atoms with Crippen LogP contribution in [0.3, 0.4) is 0 Å². The lowest BCUT2D eigenvalue weighted by atomic mass is 10.1. The average Bonchev–Trinajstić information content (AvgIpc) is 2.03. The van der Waals surface area contributed by atoms with Gasteiger partial charge >= 0.3 is 0 Å². The van der Waals surface area contributed by atoms with Crippen molar-refractivity contribution in [1.82, 2.24) is 15.5 Å². The highest BCUT2D eigenvalue weighted by molar-refractivity contribution is 5.82. The van der Waals surface area contributed by atoms with E-state index in [1.165, 1.54) is 6.42 Å². The van der Waals surface area contributed by atoms with Crippen molar-refractivity contribution in [1.29, 1.82) is 0 Å². The number of hydrogen-bond acceptors (Lipinski definition) is 3. The summed E-state index contributed by atoms with van der Waals surface area (Å²) in [4.78, 5) is 13.5. The van der Waals surface area contributed by atoms with E-state index >= 15 is 0 Å². The highest BCUT2D eigenvalue weighted by Crippen LogP contribution is 2.08. The van der Waals surface area contributed by atoms with Crippen LogP contribution in [0, 0.1) is 0 Å². The summed E-state index contributed by atoms with van der Waals surface area (Å²) >= 11 is 0. The number of rotatable bonds is 1. The van der Waals surface area contributed by atoms with Crippen LogP contribution in [0.5, 0.6) is 0 Å². The van der Waals surface area contributed by atoms with Crippen molar-refractivity contribution in [2.75, 3.05) is 32.7 Å². The molecule has 2 fully saturated rings. The number of nitrogens with one attached hydrogen (secondary N) is 2. The summed E-state index contributed by atoms with van der Waals surface area (Å²) in [7, 11) is 0. The third kappa shape index (κ3) is 1.44. The first-order chi connectivity index (χ1) is 5.88. The Hall–Kier alpha value is -0.610. The third-order valence-electron chi connectivity index (χ3n) is 2.51. The molecule has 2 rings (SSSR count). The van der Waals surface area contributed by atoms with Crippen LogP contribution >= 0.6 is 0 Å². The Morgan fingerprint density at radius 3 is 2.67 bits per heavy atom. The predicted octanol–water partition coefficient (Wildman–Crippen LogP) is -1.22. The van der Waals surface area contributed by atoms with Gasteiger partial charge in [-0.25, -0.2) is 0 Å². The van der Waals surface area contributed by atoms with E-state index in [1.54, 1.807) is 0 Å². The summed E-state index contributed by atoms with van der Waals surface area (Å²) in [5, 5.41) is 6.42. The maximum Gasteiger partial charge on any atom is 0.241 e. The fraction of sp³-hybridized carbons (Fsp3) is 0.875. The standard InChI is InChI=1S/C8H15N3O/c12-8(11-4-1-5-11)7-6-9-2-3-10-7/h7,9-10H,1-6H2. The summed E-state index contributed by atoms with van der Waals surface area (Å²) in [6.45, 7) is 4.58. The van der Waals surface area contributed by atoms with Crippen LogP contribution in [-0.4, -0.2) is 49.6 Å². The molecular formula is C8H15N3O. The summed E-state index contributed by atoms with van der Waals surface area (Å²) in [6.07, 6.45) is 1.17. The number of likely N-dealkylation sites (tertiary alicyclic amines) is 1. The van der Waals surface area contributed by atoms with E-state index in [2.05, 4.69) is 10.6 Å². The van der Waals surface area contributed by atoms with E-state index in [0.717, 1.165) is 32.7 Å². The zero-order valence-corrected chi connectivity index (χ0v) is 7.18. The van der Waals surface area contributed by atoms with Crippen LogP contribution in [0.4, 0.5) is 0 Å². The molecule has 4 heteroatoms. The maximum atomic E-state index is 11.6. The number of hydrogen-bond donors (Lipinski definition) is 2. The Balaban J connectivity index is 1.84. The van der Waals surface area contributed by atoms with Crippen LogP contribution in [0.25, 0.3) is 0 Å². The van der Waals surface area contributed by atoms with Crippen LogP contribution in [0.2, 0.25) is 0 Å². The molecule has 0 aliphatic carbocycles. The summed E-state index contributed by atoms with van der Waals surface area (Å²) in [5.74, 6) is 0.272. The third-order valence-corrected chi connectivity index (χ3v) is 2.51. The van der Waals surface area contributed by atoms with E-state index in [1.807, 2.05) is 4.90 Å². The van der Waals surface area contributed by atoms with Gasteiger partial charge in [0.05, 0.1) is 6.04 Å². The Morgan fingerprint density at radius 2 is 2.17 bits per heavy atom. The number of piperazine rings is 1. The molecular weight excluding hydrogens is 154 g/mol. The molecule has 0 radical (unpaired) electrons. The molecule has 2 heterocycles. The lowest BCUT2D eigenvalue weighted by Gasteiger charge is -2.35. The zero-order chi connectivity index (χ0) is 8.39. The van der Waals surface area contributed by atoms with Crippen molar-refractivity contribution in [3.8, 4) is 0 Å². The first-order valence-electron chi connectivity index (χ1n) is 4.61. The smallest absolute Gasteiger partial charge is 0.241 e. The lowest BCUT2D eigenvalue weighted by molar-refractivity contribution is -0.137. The fourth-order valence-electron chi connectivity index (χ4n) is 1.58. The first kappa shape index (κ1) is 8.01. The Morgan fingerprint density at radius 1 is 1.33 bits per heavy atom. The maximum absolute atomic E-state index is 11.6. The largest absolute Gasteiger partial charge is 0.341 e. The van der Waals surface area contributed by atoms with E-state index in [0.29, 0.717) is 0 Å². The zero-order valence-electron chi connectivity index (χ0n) is 7.18. The topological polar surface area (TPSA) is 44.4 Å². The number of amides is 1. The SMILES string of the molecule is O=C(C1CNCCN1)N1CCC1. The first-order valence-corrected chi connectivity index (χ1v) is 4.61. The highest BCUT2D eigenvalue weighted by atomic mass is 16.2. The van der Waals surface area contributed by atoms with Crippen molar-refractivity contribution < 1.29 is 4.79 Å². The molecule has 0 bridgehead atoms. The fourth-order valence-corrected chi connectivity index (χ4v) is 1.58. The molecule has 0 aromatic heterocycles. The van der Waals surface area contributed by atoms with Crippen molar-refractivity contribution >= 4 is 5.91 Å². The Labute approximate surface area is 72.3 Å². The van der Waals surface area contributed by atoms with Gasteiger partial charge in [0.2, 0.25) is 5.91 Å². The molecule has 1 unspecified atom stereocenters. The van der Waals surface area contributed by atoms with Crippen LogP contribution in [0.1, 0.15) is 6.42 Å². The molecule has 1 atom stereocenters. The Bertz CT molecular complexity index is 173. The molecule has 1 amide bonds. The van der Waals surface area contributed by atoms with Gasteiger partial charge in [-0.2, -0.15) is 0 Å². The minimum absolute atomic E-state index is 0.0269. The molecule has 12 heavy (non-hydrogen) atoms. The minimum atomic E-state index is 0.0269. The molecule has 2 aliphatic heterocycles. The van der Waals surface area contributed by atoms with E-state index in [9.17, 15) is 4.79 Å². The van der Waals surface area contributed by atoms with Crippen LogP contribution < -0.4 is 10.6 Å². The number of nitrogens with zero attached hydrogens (tertiary/aromatic N) is 1. The highest BCUT2D eigenvalue weighted by Gasteiger charge is 2.28. The molecule has 0 saturated carbocycles. The van der Waals surface area contributed by atoms with Gasteiger partial charge in [-0.3, -0.25) is 4.79 Å². The normalized spacial score (nSPS) is 29.7. The minimum Gasteiger partial charge on any atom is -0.341 e. The second kappa shape index (κ2) is 3.41. The Kier molecular flexibility index (Phi) is 2.28. The molecule has 68 valence electrons. The van der Waals surface area contributed by atoms with E-state index in [-0.39, 0.29) is 11.9 Å². The van der Waals surface area contributed by atoms with E-state index in [4.69, 9.17) is 0 Å². The van der Waals surface area contributed by atoms with E-state index < -0.39 is 0 Å². The van der Waals surface area contributed by atoms with Gasteiger partial charge in [0.25, 0.3) is 0 Å². The van der Waals surface area contributed by atoms with Gasteiger partial charge in [0.15, 0.2) is 0 Å². The molecule has 2 aliphatic rings. The second-order valence-electron chi connectivity index (χ2n) is 3.39. The van der Waals surface area contributed by atoms with Crippen LogP contribution in [0.15, 0.2) is 0 Å². The lowest BCUT2D eigenvalue weighted by Crippen LogP contribution is -2.58. The molecule has 0 spiro atoms. The summed E-state index contributed by atoms with van der Waals surface area (Å²) in [5.41, 5.74) is 0. The molecule has 0 aromatic rings. The van der Waals surface area contributed by atoms with Gasteiger partial charge in [-0.15, -0.1) is 0 Å².